The number of terminal acetylenes is 1. The van der Waals surface area contributed by atoms with E-state index >= 15 is 0 Å². The van der Waals surface area contributed by atoms with Crippen LogP contribution in [0.3, 0.4) is 0 Å². The summed E-state index contributed by atoms with van der Waals surface area (Å²) in [5.41, 5.74) is 0.730. The van der Waals surface area contributed by atoms with Gasteiger partial charge in [0.05, 0.1) is 5.56 Å². The van der Waals surface area contributed by atoms with Gasteiger partial charge in [-0.1, -0.05) is 25.8 Å². The second kappa shape index (κ2) is 4.97. The van der Waals surface area contributed by atoms with Crippen LogP contribution < -0.4 is 0 Å². The van der Waals surface area contributed by atoms with Crippen LogP contribution in [0.15, 0.2) is 24.3 Å². The standard InChI is InChI=1S/C16H13F3/c1-4-12-14(17)6-5-10-7-11(16(18)19)8-13(9(2)3)15(10)12/h1,5-9,16H,2-3H3. The van der Waals surface area contributed by atoms with Crippen molar-refractivity contribution in [3.05, 3.63) is 46.8 Å². The highest BCUT2D eigenvalue weighted by Gasteiger charge is 2.16. The molecule has 0 aromatic heterocycles. The van der Waals surface area contributed by atoms with Crippen LogP contribution in [0.1, 0.15) is 42.9 Å². The van der Waals surface area contributed by atoms with Gasteiger partial charge in [-0.2, -0.15) is 0 Å². The molecule has 0 heterocycles. The van der Waals surface area contributed by atoms with Crippen molar-refractivity contribution in [1.29, 1.82) is 0 Å². The molecule has 0 aliphatic rings. The zero-order valence-electron chi connectivity index (χ0n) is 10.7. The SMILES string of the molecule is C#Cc1c(F)ccc2cc(C(F)F)cc(C(C)C)c12. The Labute approximate surface area is 110 Å². The first-order chi connectivity index (χ1) is 8.95. The van der Waals surface area contributed by atoms with E-state index in [1.165, 1.54) is 24.3 Å². The average Bonchev–Trinajstić information content (AvgIpc) is 2.37. The molecule has 2 rings (SSSR count). The van der Waals surface area contributed by atoms with Gasteiger partial charge in [0.2, 0.25) is 0 Å². The molecule has 0 saturated heterocycles. The minimum Gasteiger partial charge on any atom is -0.206 e. The zero-order chi connectivity index (χ0) is 14.2. The van der Waals surface area contributed by atoms with Crippen molar-refractivity contribution >= 4 is 10.8 Å². The van der Waals surface area contributed by atoms with E-state index in [1.54, 1.807) is 0 Å². The van der Waals surface area contributed by atoms with Gasteiger partial charge in [-0.25, -0.2) is 13.2 Å². The van der Waals surface area contributed by atoms with Crippen LogP contribution in [0.2, 0.25) is 0 Å². The van der Waals surface area contributed by atoms with E-state index in [4.69, 9.17) is 6.42 Å². The fraction of sp³-hybridized carbons (Fsp3) is 0.250. The fourth-order valence-corrected chi connectivity index (χ4v) is 2.22. The maximum atomic E-state index is 13.7. The molecule has 0 saturated carbocycles. The van der Waals surface area contributed by atoms with Crippen LogP contribution in [0.5, 0.6) is 0 Å². The molecule has 0 nitrogen and oxygen atoms in total. The molecule has 0 aliphatic carbocycles. The summed E-state index contributed by atoms with van der Waals surface area (Å²) < 4.78 is 39.5. The predicted octanol–water partition coefficient (Wildman–Crippen LogP) is 5.02. The Morgan fingerprint density at radius 2 is 1.84 bits per heavy atom. The normalized spacial score (nSPS) is 11.3. The number of rotatable bonds is 2. The summed E-state index contributed by atoms with van der Waals surface area (Å²) in [5.74, 6) is 1.80. The third kappa shape index (κ3) is 2.31. The summed E-state index contributed by atoms with van der Waals surface area (Å²) in [4.78, 5) is 0. The van der Waals surface area contributed by atoms with Gasteiger partial charge in [0.15, 0.2) is 0 Å². The zero-order valence-corrected chi connectivity index (χ0v) is 10.7. The monoisotopic (exact) mass is 262 g/mol. The molecule has 0 N–H and O–H groups in total. The van der Waals surface area contributed by atoms with E-state index in [0.29, 0.717) is 16.3 Å². The molecule has 3 heteroatoms. The van der Waals surface area contributed by atoms with Crippen molar-refractivity contribution in [3.8, 4) is 12.3 Å². The molecule has 0 fully saturated rings. The van der Waals surface area contributed by atoms with E-state index in [0.717, 1.165) is 0 Å². The van der Waals surface area contributed by atoms with E-state index in [-0.39, 0.29) is 17.0 Å². The van der Waals surface area contributed by atoms with Gasteiger partial charge in [0.25, 0.3) is 6.43 Å². The first-order valence-corrected chi connectivity index (χ1v) is 5.96. The largest absolute Gasteiger partial charge is 0.263 e. The molecule has 0 bridgehead atoms. The number of fused-ring (bicyclic) bond motifs is 1. The van der Waals surface area contributed by atoms with Gasteiger partial charge in [0.1, 0.15) is 5.82 Å². The predicted molar refractivity (Wildman–Crippen MR) is 70.9 cm³/mol. The summed E-state index contributed by atoms with van der Waals surface area (Å²) >= 11 is 0. The molecular formula is C16H13F3. The van der Waals surface area contributed by atoms with Gasteiger partial charge >= 0.3 is 0 Å². The number of hydrogen-bond acceptors (Lipinski definition) is 0. The first-order valence-electron chi connectivity index (χ1n) is 5.96. The number of benzene rings is 2. The van der Waals surface area contributed by atoms with Crippen molar-refractivity contribution in [2.24, 2.45) is 0 Å². The summed E-state index contributed by atoms with van der Waals surface area (Å²) in [6, 6.07) is 5.49. The second-order valence-corrected chi connectivity index (χ2v) is 4.73. The van der Waals surface area contributed by atoms with E-state index in [1.807, 2.05) is 13.8 Å². The lowest BCUT2D eigenvalue weighted by Gasteiger charge is -2.15. The smallest absolute Gasteiger partial charge is 0.206 e. The van der Waals surface area contributed by atoms with E-state index in [2.05, 4.69) is 5.92 Å². The lowest BCUT2D eigenvalue weighted by atomic mass is 9.90. The fourth-order valence-electron chi connectivity index (χ4n) is 2.22. The maximum absolute atomic E-state index is 13.7. The Morgan fingerprint density at radius 1 is 1.16 bits per heavy atom. The van der Waals surface area contributed by atoms with Crippen LogP contribution in [-0.2, 0) is 0 Å². The molecular weight excluding hydrogens is 249 g/mol. The summed E-state index contributed by atoms with van der Waals surface area (Å²) in [6.45, 7) is 3.74. The van der Waals surface area contributed by atoms with Crippen LogP contribution in [-0.4, -0.2) is 0 Å². The van der Waals surface area contributed by atoms with Gasteiger partial charge in [-0.3, -0.25) is 0 Å². The third-order valence-corrected chi connectivity index (χ3v) is 3.14. The summed E-state index contributed by atoms with van der Waals surface area (Å²) in [6.07, 6.45) is 2.79. The van der Waals surface area contributed by atoms with Crippen LogP contribution >= 0.6 is 0 Å². The van der Waals surface area contributed by atoms with Crippen molar-refractivity contribution < 1.29 is 13.2 Å². The van der Waals surface area contributed by atoms with Gasteiger partial charge in [-0.05, 0) is 35.1 Å². The van der Waals surface area contributed by atoms with Crippen molar-refractivity contribution in [2.45, 2.75) is 26.2 Å². The molecule has 0 aliphatic heterocycles. The summed E-state index contributed by atoms with van der Waals surface area (Å²) in [7, 11) is 0. The van der Waals surface area contributed by atoms with Crippen LogP contribution in [0.4, 0.5) is 13.2 Å². The highest BCUT2D eigenvalue weighted by atomic mass is 19.3. The Hall–Kier alpha value is -1.95. The summed E-state index contributed by atoms with van der Waals surface area (Å²) in [5, 5.41) is 1.11. The van der Waals surface area contributed by atoms with Crippen LogP contribution in [0.25, 0.3) is 10.8 Å². The highest BCUT2D eigenvalue weighted by molar-refractivity contribution is 5.92. The lowest BCUT2D eigenvalue weighted by molar-refractivity contribution is 0.151. The van der Waals surface area contributed by atoms with Gasteiger partial charge in [-0.15, -0.1) is 6.42 Å². The van der Waals surface area contributed by atoms with Gasteiger partial charge < -0.3 is 0 Å². The average molecular weight is 262 g/mol. The molecule has 2 aromatic carbocycles. The lowest BCUT2D eigenvalue weighted by Crippen LogP contribution is -1.98. The molecule has 19 heavy (non-hydrogen) atoms. The molecule has 98 valence electrons. The van der Waals surface area contributed by atoms with E-state index in [9.17, 15) is 13.2 Å². The second-order valence-electron chi connectivity index (χ2n) is 4.73. The molecule has 0 unspecified atom stereocenters. The minimum absolute atomic E-state index is 0.0184. The van der Waals surface area contributed by atoms with Crippen molar-refractivity contribution in [1.82, 2.24) is 0 Å². The maximum Gasteiger partial charge on any atom is 0.263 e. The molecule has 0 amide bonds. The molecule has 0 radical (unpaired) electrons. The molecule has 2 aromatic rings. The van der Waals surface area contributed by atoms with Gasteiger partial charge in [0, 0.05) is 10.9 Å². The quantitative estimate of drug-likeness (QED) is 0.666. The highest BCUT2D eigenvalue weighted by Crippen LogP contribution is 2.33. The number of alkyl halides is 2. The number of halogens is 3. The van der Waals surface area contributed by atoms with Crippen molar-refractivity contribution in [2.75, 3.05) is 0 Å². The Bertz CT molecular complexity index is 664. The third-order valence-electron chi connectivity index (χ3n) is 3.14. The first kappa shape index (κ1) is 13.5. The Kier molecular flexibility index (Phi) is 3.53. The molecule has 0 spiro atoms. The molecule has 0 atom stereocenters. The Morgan fingerprint density at radius 3 is 2.37 bits per heavy atom. The van der Waals surface area contributed by atoms with Crippen molar-refractivity contribution in [3.63, 3.8) is 0 Å². The Balaban J connectivity index is 2.92. The minimum atomic E-state index is -2.55. The van der Waals surface area contributed by atoms with Crippen LogP contribution in [0, 0.1) is 18.2 Å². The topological polar surface area (TPSA) is 0 Å². The van der Waals surface area contributed by atoms with E-state index < -0.39 is 12.2 Å². The number of hydrogen-bond donors (Lipinski definition) is 0.